The summed E-state index contributed by atoms with van der Waals surface area (Å²) in [4.78, 5) is 4.21. The first-order chi connectivity index (χ1) is 8.21. The molecule has 3 atom stereocenters. The average molecular weight is 337 g/mol. The smallest absolute Gasteiger partial charge is 0.136 e. The van der Waals surface area contributed by atoms with Crippen molar-refractivity contribution in [3.63, 3.8) is 0 Å². The third kappa shape index (κ3) is 4.50. The van der Waals surface area contributed by atoms with Crippen LogP contribution in [0.5, 0.6) is 0 Å². The summed E-state index contributed by atoms with van der Waals surface area (Å²) in [6.07, 6.45) is -1.18. The van der Waals surface area contributed by atoms with Crippen LogP contribution in [0.1, 0.15) is 39.4 Å². The van der Waals surface area contributed by atoms with Crippen LogP contribution in [-0.4, -0.2) is 20.5 Å². The molecule has 0 aromatic carbocycles. The minimum atomic E-state index is -1.34. The first kappa shape index (κ1) is 15.9. The van der Waals surface area contributed by atoms with Crippen LogP contribution in [-0.2, 0) is 11.4 Å². The number of nitrogens with one attached hydrogen (secondary N) is 1. The van der Waals surface area contributed by atoms with Crippen LogP contribution in [0.15, 0.2) is 22.8 Å². The second kappa shape index (κ2) is 6.32. The molecule has 1 unspecified atom stereocenters. The molecule has 0 radical (unpaired) electrons. The normalized spacial score (nSPS) is 17.3. The van der Waals surface area contributed by atoms with E-state index in [1.165, 1.54) is 6.92 Å². The Labute approximate surface area is 119 Å². The fourth-order valence-electron chi connectivity index (χ4n) is 1.28. The van der Waals surface area contributed by atoms with Crippen molar-refractivity contribution in [2.24, 2.45) is 0 Å². The maximum absolute atomic E-state index is 13.7. The van der Waals surface area contributed by atoms with Gasteiger partial charge in [-0.2, -0.15) is 0 Å². The Bertz CT molecular complexity index is 398. The van der Waals surface area contributed by atoms with Gasteiger partial charge in [-0.15, -0.1) is 4.72 Å². The van der Waals surface area contributed by atoms with E-state index in [-0.39, 0.29) is 0 Å². The third-order valence-corrected chi connectivity index (χ3v) is 4.33. The van der Waals surface area contributed by atoms with Gasteiger partial charge in [0.2, 0.25) is 0 Å². The van der Waals surface area contributed by atoms with Crippen LogP contribution in [0, 0.1) is 0 Å². The van der Waals surface area contributed by atoms with Gasteiger partial charge in [-0.05, 0) is 55.8 Å². The van der Waals surface area contributed by atoms with Crippen molar-refractivity contribution in [1.82, 2.24) is 9.71 Å². The van der Waals surface area contributed by atoms with Gasteiger partial charge in [0.25, 0.3) is 0 Å². The molecule has 0 bridgehead atoms. The molecule has 0 aliphatic heterocycles. The molecular formula is C12H18BrFN2OS. The molecule has 0 aliphatic carbocycles. The molecule has 0 saturated heterocycles. The Hall–Kier alpha value is -0.170. The van der Waals surface area contributed by atoms with E-state index in [0.29, 0.717) is 10.3 Å². The number of halogens is 2. The molecular weight excluding hydrogens is 319 g/mol. The molecule has 0 spiro atoms. The van der Waals surface area contributed by atoms with Crippen LogP contribution < -0.4 is 4.72 Å². The summed E-state index contributed by atoms with van der Waals surface area (Å²) in [5.74, 6) is 0. The van der Waals surface area contributed by atoms with E-state index < -0.39 is 28.3 Å². The molecule has 1 heterocycles. The standard InChI is InChI=1S/C12H18BrFN2OS/c1-8(14)11(16-18(17)12(2,3)4)9-6-5-7-10(13)15-9/h5-8,11,16H,1-4H3/t8-,11+,18?/m1/s1. The van der Waals surface area contributed by atoms with E-state index in [0.717, 1.165) is 0 Å². The highest BCUT2D eigenvalue weighted by Crippen LogP contribution is 2.23. The van der Waals surface area contributed by atoms with Crippen LogP contribution in [0.25, 0.3) is 0 Å². The molecule has 1 rings (SSSR count). The van der Waals surface area contributed by atoms with Gasteiger partial charge in [-0.1, -0.05) is 6.07 Å². The number of hydrogen-bond acceptors (Lipinski definition) is 3. The molecule has 0 saturated carbocycles. The van der Waals surface area contributed by atoms with Gasteiger partial charge in [-0.3, -0.25) is 0 Å². The van der Waals surface area contributed by atoms with Crippen molar-refractivity contribution in [3.05, 3.63) is 28.5 Å². The van der Waals surface area contributed by atoms with Gasteiger partial charge >= 0.3 is 0 Å². The first-order valence-corrected chi connectivity index (χ1v) is 7.60. The predicted octanol–water partition coefficient (Wildman–Crippen LogP) is 3.30. The van der Waals surface area contributed by atoms with E-state index in [2.05, 4.69) is 25.6 Å². The molecule has 3 nitrogen and oxygen atoms in total. The molecule has 0 aliphatic rings. The molecule has 0 amide bonds. The average Bonchev–Trinajstić information content (AvgIpc) is 2.23. The minimum absolute atomic E-state index is 0.445. The van der Waals surface area contributed by atoms with Crippen molar-refractivity contribution < 1.29 is 8.94 Å². The number of pyridine rings is 1. The molecule has 0 fully saturated rings. The Morgan fingerprint density at radius 1 is 1.44 bits per heavy atom. The van der Waals surface area contributed by atoms with Crippen LogP contribution in [0.3, 0.4) is 0 Å². The van der Waals surface area contributed by atoms with Crippen LogP contribution in [0.4, 0.5) is 4.39 Å². The first-order valence-electron chi connectivity index (χ1n) is 5.66. The van der Waals surface area contributed by atoms with Gasteiger partial charge < -0.3 is 4.55 Å². The quantitative estimate of drug-likeness (QED) is 0.677. The number of hydrogen-bond donors (Lipinski definition) is 1. The SMILES string of the molecule is C[C@@H](F)[C@H](N[S+]([O-])C(C)(C)C)c1cccc(Br)n1. The van der Waals surface area contributed by atoms with Gasteiger partial charge in [-0.25, -0.2) is 9.37 Å². The van der Waals surface area contributed by atoms with E-state index >= 15 is 0 Å². The lowest BCUT2D eigenvalue weighted by atomic mass is 10.1. The second-order valence-corrected chi connectivity index (χ2v) is 7.85. The van der Waals surface area contributed by atoms with E-state index in [9.17, 15) is 8.94 Å². The molecule has 1 aromatic heterocycles. The van der Waals surface area contributed by atoms with E-state index in [4.69, 9.17) is 0 Å². The van der Waals surface area contributed by atoms with E-state index in [1.54, 1.807) is 18.2 Å². The predicted molar refractivity (Wildman–Crippen MR) is 76.3 cm³/mol. The number of alkyl halides is 1. The zero-order valence-corrected chi connectivity index (χ0v) is 13.3. The molecule has 6 heteroatoms. The summed E-state index contributed by atoms with van der Waals surface area (Å²) in [5, 5.41) is 0. The Balaban J connectivity index is 2.91. The largest absolute Gasteiger partial charge is 0.598 e. The Morgan fingerprint density at radius 2 is 2.06 bits per heavy atom. The van der Waals surface area contributed by atoms with Crippen molar-refractivity contribution in [3.8, 4) is 0 Å². The molecule has 18 heavy (non-hydrogen) atoms. The zero-order chi connectivity index (χ0) is 13.9. The van der Waals surface area contributed by atoms with Crippen LogP contribution in [0.2, 0.25) is 0 Å². The topological polar surface area (TPSA) is 48.0 Å². The third-order valence-electron chi connectivity index (χ3n) is 2.30. The summed E-state index contributed by atoms with van der Waals surface area (Å²) in [6, 6.07) is 4.59. The monoisotopic (exact) mass is 336 g/mol. The maximum atomic E-state index is 13.7. The van der Waals surface area contributed by atoms with Crippen LogP contribution >= 0.6 is 15.9 Å². The fraction of sp³-hybridized carbons (Fsp3) is 0.583. The lowest BCUT2D eigenvalue weighted by Gasteiger charge is -2.28. The number of aromatic nitrogens is 1. The highest BCUT2D eigenvalue weighted by atomic mass is 79.9. The van der Waals surface area contributed by atoms with Gasteiger partial charge in [0.05, 0.1) is 5.69 Å². The van der Waals surface area contributed by atoms with Crippen molar-refractivity contribution >= 4 is 27.3 Å². The molecule has 1 N–H and O–H groups in total. The van der Waals surface area contributed by atoms with Gasteiger partial charge in [0.15, 0.2) is 0 Å². The summed E-state index contributed by atoms with van der Waals surface area (Å²) in [5.41, 5.74) is 0.539. The number of nitrogens with zero attached hydrogens (tertiary/aromatic N) is 1. The Morgan fingerprint density at radius 3 is 2.50 bits per heavy atom. The lowest BCUT2D eigenvalue weighted by molar-refractivity contribution is 0.289. The maximum Gasteiger partial charge on any atom is 0.136 e. The highest BCUT2D eigenvalue weighted by molar-refractivity contribution is 9.10. The van der Waals surface area contributed by atoms with Gasteiger partial charge in [0.1, 0.15) is 21.6 Å². The van der Waals surface area contributed by atoms with Crippen molar-refractivity contribution in [1.29, 1.82) is 0 Å². The summed E-state index contributed by atoms with van der Waals surface area (Å²) in [6.45, 7) is 6.94. The second-order valence-electron chi connectivity index (χ2n) is 5.04. The Kier molecular flexibility index (Phi) is 5.58. The molecule has 102 valence electrons. The summed E-state index contributed by atoms with van der Waals surface area (Å²) >= 11 is 1.91. The van der Waals surface area contributed by atoms with Gasteiger partial charge in [0, 0.05) is 11.4 Å². The fourth-order valence-corrected chi connectivity index (χ4v) is 2.53. The summed E-state index contributed by atoms with van der Waals surface area (Å²) < 4.78 is 28.7. The number of rotatable bonds is 4. The highest BCUT2D eigenvalue weighted by Gasteiger charge is 2.32. The van der Waals surface area contributed by atoms with Crippen molar-refractivity contribution in [2.45, 2.75) is 44.7 Å². The van der Waals surface area contributed by atoms with E-state index in [1.807, 2.05) is 20.8 Å². The molecule has 1 aromatic rings. The van der Waals surface area contributed by atoms with Crippen molar-refractivity contribution in [2.75, 3.05) is 0 Å². The zero-order valence-electron chi connectivity index (χ0n) is 10.9. The summed E-state index contributed by atoms with van der Waals surface area (Å²) in [7, 11) is 0. The lowest BCUT2D eigenvalue weighted by Crippen LogP contribution is -2.43. The minimum Gasteiger partial charge on any atom is -0.598 e.